The monoisotopic (exact) mass is 300 g/mol. The third-order valence-corrected chi connectivity index (χ3v) is 3.33. The molecule has 0 bridgehead atoms. The first-order valence-electron chi connectivity index (χ1n) is 7.13. The minimum Gasteiger partial charge on any atom is -0.383 e. The van der Waals surface area contributed by atoms with Crippen molar-refractivity contribution >= 4 is 29.0 Å². The molecule has 2 aromatic rings. The van der Waals surface area contributed by atoms with Gasteiger partial charge in [0.2, 0.25) is 0 Å². The first-order valence-corrected chi connectivity index (χ1v) is 7.13. The maximum Gasteiger partial charge on any atom is 0.150 e. The fourth-order valence-electron chi connectivity index (χ4n) is 2.32. The van der Waals surface area contributed by atoms with E-state index in [1.165, 1.54) is 6.21 Å². The van der Waals surface area contributed by atoms with Gasteiger partial charge in [0.05, 0.1) is 19.8 Å². The van der Waals surface area contributed by atoms with Crippen LogP contribution in [0.25, 0.3) is 10.8 Å². The average molecular weight is 300 g/mol. The molecule has 0 fully saturated rings. The van der Waals surface area contributed by atoms with Crippen molar-refractivity contribution in [1.29, 1.82) is 5.41 Å². The van der Waals surface area contributed by atoms with Gasteiger partial charge in [0, 0.05) is 42.1 Å². The van der Waals surface area contributed by atoms with Gasteiger partial charge in [-0.25, -0.2) is 0 Å². The predicted molar refractivity (Wildman–Crippen MR) is 88.4 cm³/mol. The molecule has 0 unspecified atom stereocenters. The molecule has 0 aromatic heterocycles. The molecule has 0 amide bonds. The van der Waals surface area contributed by atoms with Crippen LogP contribution in [-0.2, 0) is 9.47 Å². The number of carbonyl (C=O) groups excluding carboxylic acids is 1. The fraction of sp³-hybridized carbons (Fsp3) is 0.294. The SMILES string of the molecule is COCCOCCNc1cc(C=N)c2c(C=O)cccc2c1. The lowest BCUT2D eigenvalue weighted by Gasteiger charge is -2.11. The highest BCUT2D eigenvalue weighted by molar-refractivity contribution is 6.08. The molecule has 2 N–H and O–H groups in total. The second kappa shape index (κ2) is 8.26. The molecule has 0 radical (unpaired) electrons. The van der Waals surface area contributed by atoms with E-state index in [-0.39, 0.29) is 0 Å². The quantitative estimate of drug-likeness (QED) is 0.424. The van der Waals surface area contributed by atoms with Crippen LogP contribution in [0.2, 0.25) is 0 Å². The van der Waals surface area contributed by atoms with E-state index in [1.54, 1.807) is 13.2 Å². The van der Waals surface area contributed by atoms with Gasteiger partial charge in [-0.1, -0.05) is 18.2 Å². The summed E-state index contributed by atoms with van der Waals surface area (Å²) < 4.78 is 10.3. The molecule has 0 saturated carbocycles. The zero-order valence-corrected chi connectivity index (χ0v) is 12.6. The number of anilines is 1. The van der Waals surface area contributed by atoms with E-state index in [9.17, 15) is 4.79 Å². The lowest BCUT2D eigenvalue weighted by atomic mass is 9.99. The van der Waals surface area contributed by atoms with E-state index < -0.39 is 0 Å². The van der Waals surface area contributed by atoms with Crippen LogP contribution >= 0.6 is 0 Å². The molecule has 0 aliphatic heterocycles. The average Bonchev–Trinajstić information content (AvgIpc) is 2.56. The minimum absolute atomic E-state index is 0.574. The van der Waals surface area contributed by atoms with E-state index in [4.69, 9.17) is 14.9 Å². The largest absolute Gasteiger partial charge is 0.383 e. The van der Waals surface area contributed by atoms with E-state index in [0.717, 1.165) is 28.3 Å². The summed E-state index contributed by atoms with van der Waals surface area (Å²) in [7, 11) is 1.64. The van der Waals surface area contributed by atoms with Crippen molar-refractivity contribution in [2.45, 2.75) is 0 Å². The van der Waals surface area contributed by atoms with Gasteiger partial charge < -0.3 is 20.2 Å². The van der Waals surface area contributed by atoms with Gasteiger partial charge in [-0.05, 0) is 17.5 Å². The van der Waals surface area contributed by atoms with Crippen LogP contribution in [0.1, 0.15) is 15.9 Å². The summed E-state index contributed by atoms with van der Waals surface area (Å²) in [5.41, 5.74) is 2.23. The van der Waals surface area contributed by atoms with E-state index in [1.807, 2.05) is 24.3 Å². The molecule has 0 heterocycles. The second-order valence-electron chi connectivity index (χ2n) is 4.80. The Kier molecular flexibility index (Phi) is 6.06. The highest BCUT2D eigenvalue weighted by Gasteiger charge is 2.06. The van der Waals surface area contributed by atoms with Crippen molar-refractivity contribution < 1.29 is 14.3 Å². The van der Waals surface area contributed by atoms with Gasteiger partial charge >= 0.3 is 0 Å². The van der Waals surface area contributed by atoms with Crippen molar-refractivity contribution in [3.8, 4) is 0 Å². The Labute approximate surface area is 129 Å². The number of carbonyl (C=O) groups is 1. The molecule has 22 heavy (non-hydrogen) atoms. The fourth-order valence-corrected chi connectivity index (χ4v) is 2.32. The number of hydrogen-bond donors (Lipinski definition) is 2. The van der Waals surface area contributed by atoms with Gasteiger partial charge in [0.1, 0.15) is 0 Å². The summed E-state index contributed by atoms with van der Waals surface area (Å²) in [5.74, 6) is 0. The number of rotatable bonds is 9. The molecule has 5 nitrogen and oxygen atoms in total. The molecule has 0 saturated heterocycles. The van der Waals surface area contributed by atoms with Gasteiger partial charge in [-0.15, -0.1) is 0 Å². The standard InChI is InChI=1S/C17H20N2O3/c1-21-7-8-22-6-5-19-16-9-13-3-2-4-14(12-20)17(13)15(10-16)11-18/h2-4,9-12,18-19H,5-8H2,1H3. The van der Waals surface area contributed by atoms with Crippen molar-refractivity contribution in [3.63, 3.8) is 0 Å². The molecule has 0 aliphatic carbocycles. The Bertz CT molecular complexity index is 656. The van der Waals surface area contributed by atoms with Crippen LogP contribution in [-0.4, -0.2) is 46.0 Å². The molecule has 0 aliphatic rings. The maximum atomic E-state index is 11.2. The number of hydrogen-bond acceptors (Lipinski definition) is 5. The summed E-state index contributed by atoms with van der Waals surface area (Å²) in [6.07, 6.45) is 2.10. The summed E-state index contributed by atoms with van der Waals surface area (Å²) in [6, 6.07) is 9.40. The van der Waals surface area contributed by atoms with Crippen LogP contribution in [0.15, 0.2) is 30.3 Å². The van der Waals surface area contributed by atoms with Crippen molar-refractivity contribution in [1.82, 2.24) is 0 Å². The van der Waals surface area contributed by atoms with Crippen LogP contribution in [0.3, 0.4) is 0 Å². The normalized spacial score (nSPS) is 10.6. The molecule has 2 aromatic carbocycles. The van der Waals surface area contributed by atoms with Crippen LogP contribution in [0, 0.1) is 5.41 Å². The number of fused-ring (bicyclic) bond motifs is 1. The third-order valence-electron chi connectivity index (χ3n) is 3.33. The Morgan fingerprint density at radius 2 is 2.05 bits per heavy atom. The second-order valence-corrected chi connectivity index (χ2v) is 4.80. The van der Waals surface area contributed by atoms with Gasteiger partial charge in [-0.3, -0.25) is 4.79 Å². The Hall–Kier alpha value is -2.24. The summed E-state index contributed by atoms with van der Waals surface area (Å²) in [5, 5.41) is 12.6. The molecule has 0 atom stereocenters. The molecule has 116 valence electrons. The summed E-state index contributed by atoms with van der Waals surface area (Å²) >= 11 is 0. The number of aldehydes is 1. The first-order chi connectivity index (χ1) is 10.8. The first kappa shape index (κ1) is 16.1. The third kappa shape index (κ3) is 3.90. The van der Waals surface area contributed by atoms with Crippen LogP contribution in [0.5, 0.6) is 0 Å². The smallest absolute Gasteiger partial charge is 0.150 e. The van der Waals surface area contributed by atoms with E-state index in [0.29, 0.717) is 31.9 Å². The zero-order valence-electron chi connectivity index (χ0n) is 12.6. The topological polar surface area (TPSA) is 71.4 Å². The van der Waals surface area contributed by atoms with Gasteiger partial charge in [0.15, 0.2) is 6.29 Å². The highest BCUT2D eigenvalue weighted by atomic mass is 16.5. The lowest BCUT2D eigenvalue weighted by Crippen LogP contribution is -2.12. The summed E-state index contributed by atoms with van der Waals surface area (Å²) in [4.78, 5) is 11.2. The lowest BCUT2D eigenvalue weighted by molar-refractivity contribution is 0.0759. The van der Waals surface area contributed by atoms with E-state index >= 15 is 0 Å². The molecular formula is C17H20N2O3. The number of nitrogens with one attached hydrogen (secondary N) is 2. The van der Waals surface area contributed by atoms with Crippen molar-refractivity contribution in [3.05, 3.63) is 41.5 Å². The highest BCUT2D eigenvalue weighted by Crippen LogP contribution is 2.25. The zero-order chi connectivity index (χ0) is 15.8. The van der Waals surface area contributed by atoms with Gasteiger partial charge in [0.25, 0.3) is 0 Å². The Balaban J connectivity index is 2.12. The van der Waals surface area contributed by atoms with Gasteiger partial charge in [-0.2, -0.15) is 0 Å². The molecular weight excluding hydrogens is 280 g/mol. The van der Waals surface area contributed by atoms with Crippen molar-refractivity contribution in [2.75, 3.05) is 38.8 Å². The maximum absolute atomic E-state index is 11.2. The summed E-state index contributed by atoms with van der Waals surface area (Å²) in [6.45, 7) is 2.41. The molecule has 0 spiro atoms. The van der Waals surface area contributed by atoms with Crippen molar-refractivity contribution in [2.24, 2.45) is 0 Å². The number of benzene rings is 2. The predicted octanol–water partition coefficient (Wildman–Crippen LogP) is 2.72. The van der Waals surface area contributed by atoms with Crippen LogP contribution in [0.4, 0.5) is 5.69 Å². The Morgan fingerprint density at radius 1 is 1.18 bits per heavy atom. The molecule has 5 heteroatoms. The molecule has 2 rings (SSSR count). The number of ether oxygens (including phenoxy) is 2. The number of methoxy groups -OCH3 is 1. The Morgan fingerprint density at radius 3 is 2.77 bits per heavy atom. The van der Waals surface area contributed by atoms with Crippen LogP contribution < -0.4 is 5.32 Å². The van der Waals surface area contributed by atoms with E-state index in [2.05, 4.69) is 5.32 Å². The minimum atomic E-state index is 0.574.